The summed E-state index contributed by atoms with van der Waals surface area (Å²) < 4.78 is 17.3. The van der Waals surface area contributed by atoms with Gasteiger partial charge >= 0.3 is 11.9 Å². The van der Waals surface area contributed by atoms with Crippen molar-refractivity contribution in [1.82, 2.24) is 5.01 Å². The molecule has 1 amide bonds. The van der Waals surface area contributed by atoms with Gasteiger partial charge in [0.25, 0.3) is 0 Å². The first kappa shape index (κ1) is 20.5. The molecule has 3 rings (SSSR count). The third-order valence-electron chi connectivity index (χ3n) is 3.83. The summed E-state index contributed by atoms with van der Waals surface area (Å²) in [6, 6.07) is 11.9. The monoisotopic (exact) mass is 460 g/mol. The largest absolute Gasteiger partial charge is 0.446 e. The normalized spacial score (nSPS) is 15.4. The Labute approximate surface area is 175 Å². The van der Waals surface area contributed by atoms with E-state index in [0.717, 1.165) is 9.48 Å². The predicted octanol–water partition coefficient (Wildman–Crippen LogP) is 3.54. The Kier molecular flexibility index (Phi) is 5.97. The number of halogens is 1. The first-order valence-corrected chi connectivity index (χ1v) is 9.36. The summed E-state index contributed by atoms with van der Waals surface area (Å²) in [6.07, 6.45) is -1.00. The predicted molar refractivity (Wildman–Crippen MR) is 106 cm³/mol. The van der Waals surface area contributed by atoms with Gasteiger partial charge in [-0.1, -0.05) is 22.0 Å². The molecular formula is C20H17BrN2O6. The number of esters is 2. The van der Waals surface area contributed by atoms with E-state index >= 15 is 0 Å². The number of carbonyl (C=O) groups excluding carboxylic acids is 3. The highest BCUT2D eigenvalue weighted by atomic mass is 79.9. The van der Waals surface area contributed by atoms with Gasteiger partial charge in [0.05, 0.1) is 5.56 Å². The number of hydrogen-bond donors (Lipinski definition) is 0. The van der Waals surface area contributed by atoms with E-state index in [1.54, 1.807) is 24.3 Å². The average Bonchev–Trinajstić information content (AvgIpc) is 3.08. The Bertz CT molecular complexity index is 1000. The lowest BCUT2D eigenvalue weighted by Gasteiger charge is -2.22. The molecule has 9 heteroatoms. The molecule has 0 N–H and O–H groups in total. The topological polar surface area (TPSA) is 94.5 Å². The molecule has 2 aromatic rings. The number of rotatable bonds is 4. The van der Waals surface area contributed by atoms with Crippen molar-refractivity contribution in [3.05, 3.63) is 58.1 Å². The quantitative estimate of drug-likeness (QED) is 0.511. The Hall–Kier alpha value is -3.20. The van der Waals surface area contributed by atoms with Crippen LogP contribution in [0.2, 0.25) is 0 Å². The lowest BCUT2D eigenvalue weighted by Crippen LogP contribution is -2.26. The molecule has 1 atom stereocenters. The van der Waals surface area contributed by atoms with E-state index in [4.69, 9.17) is 14.2 Å². The smallest absolute Gasteiger partial charge is 0.308 e. The van der Waals surface area contributed by atoms with Crippen molar-refractivity contribution in [3.63, 3.8) is 0 Å². The van der Waals surface area contributed by atoms with Crippen LogP contribution in [0.5, 0.6) is 11.5 Å². The molecule has 29 heavy (non-hydrogen) atoms. The standard InChI is InChI=1S/C20H17BrN2O6/c1-11(24)23-20(29-19(22-23)14-7-9-15(21)10-8-14)16-5-4-6-17(27-12(2)25)18(16)28-13(3)26/h4-10,20H,1-3H3/t20-/m0/s1. The van der Waals surface area contributed by atoms with E-state index in [9.17, 15) is 14.4 Å². The number of para-hydroxylation sites is 1. The van der Waals surface area contributed by atoms with Gasteiger partial charge in [0.15, 0.2) is 11.5 Å². The minimum absolute atomic E-state index is 0.0151. The van der Waals surface area contributed by atoms with Gasteiger partial charge in [-0.15, -0.1) is 5.10 Å². The number of carbonyl (C=O) groups is 3. The van der Waals surface area contributed by atoms with Crippen LogP contribution in [0, 0.1) is 0 Å². The molecule has 0 saturated carbocycles. The van der Waals surface area contributed by atoms with E-state index in [2.05, 4.69) is 21.0 Å². The van der Waals surface area contributed by atoms with Crippen LogP contribution in [0.25, 0.3) is 0 Å². The molecule has 0 aromatic heterocycles. The van der Waals surface area contributed by atoms with Crippen LogP contribution in [-0.2, 0) is 19.1 Å². The van der Waals surface area contributed by atoms with Gasteiger partial charge < -0.3 is 14.2 Å². The van der Waals surface area contributed by atoms with Crippen LogP contribution < -0.4 is 9.47 Å². The zero-order valence-corrected chi connectivity index (χ0v) is 17.4. The Morgan fingerprint density at radius 2 is 1.66 bits per heavy atom. The number of ether oxygens (including phenoxy) is 3. The molecule has 1 heterocycles. The highest BCUT2D eigenvalue weighted by Crippen LogP contribution is 2.41. The van der Waals surface area contributed by atoms with Crippen LogP contribution in [0.3, 0.4) is 0 Å². The lowest BCUT2D eigenvalue weighted by atomic mass is 10.1. The zero-order valence-electron chi connectivity index (χ0n) is 15.8. The summed E-state index contributed by atoms with van der Waals surface area (Å²) in [4.78, 5) is 35.3. The van der Waals surface area contributed by atoms with Gasteiger partial charge in [-0.05, 0) is 36.4 Å². The summed E-state index contributed by atoms with van der Waals surface area (Å²) >= 11 is 3.36. The highest BCUT2D eigenvalue weighted by molar-refractivity contribution is 9.10. The van der Waals surface area contributed by atoms with Crippen molar-refractivity contribution in [2.75, 3.05) is 0 Å². The van der Waals surface area contributed by atoms with Crippen LogP contribution in [-0.4, -0.2) is 28.8 Å². The maximum absolute atomic E-state index is 12.2. The molecule has 8 nitrogen and oxygen atoms in total. The second-order valence-corrected chi connectivity index (χ2v) is 7.02. The van der Waals surface area contributed by atoms with Gasteiger partial charge in [-0.3, -0.25) is 14.4 Å². The molecule has 1 aliphatic heterocycles. The molecule has 0 unspecified atom stereocenters. The SMILES string of the molecule is CC(=O)Oc1cccc([C@@H]2OC(c3ccc(Br)cc3)=NN2C(C)=O)c1OC(C)=O. The van der Waals surface area contributed by atoms with Crippen LogP contribution in [0.1, 0.15) is 38.1 Å². The number of hydrazone groups is 1. The van der Waals surface area contributed by atoms with Gasteiger partial charge in [0, 0.05) is 30.8 Å². The molecule has 0 radical (unpaired) electrons. The summed E-state index contributed by atoms with van der Waals surface area (Å²) in [5.41, 5.74) is 0.970. The van der Waals surface area contributed by atoms with E-state index in [-0.39, 0.29) is 23.3 Å². The second-order valence-electron chi connectivity index (χ2n) is 6.11. The van der Waals surface area contributed by atoms with Crippen LogP contribution in [0.4, 0.5) is 0 Å². The average molecular weight is 461 g/mol. The van der Waals surface area contributed by atoms with Crippen molar-refractivity contribution in [2.24, 2.45) is 5.10 Å². The van der Waals surface area contributed by atoms with E-state index < -0.39 is 18.2 Å². The minimum atomic E-state index is -1.00. The molecule has 0 fully saturated rings. The molecular weight excluding hydrogens is 444 g/mol. The Morgan fingerprint density at radius 3 is 2.24 bits per heavy atom. The van der Waals surface area contributed by atoms with Gasteiger partial charge in [0.2, 0.25) is 18.0 Å². The van der Waals surface area contributed by atoms with E-state index in [0.29, 0.717) is 11.1 Å². The summed E-state index contributed by atoms with van der Waals surface area (Å²) in [6.45, 7) is 3.79. The minimum Gasteiger partial charge on any atom is -0.446 e. The molecule has 150 valence electrons. The first-order valence-electron chi connectivity index (χ1n) is 8.57. The summed E-state index contributed by atoms with van der Waals surface area (Å²) in [7, 11) is 0. The third-order valence-corrected chi connectivity index (χ3v) is 4.36. The van der Waals surface area contributed by atoms with Crippen molar-refractivity contribution in [1.29, 1.82) is 0 Å². The molecule has 2 aromatic carbocycles. The third kappa shape index (κ3) is 4.62. The number of hydrogen-bond acceptors (Lipinski definition) is 7. The number of benzene rings is 2. The van der Waals surface area contributed by atoms with Crippen LogP contribution >= 0.6 is 15.9 Å². The van der Waals surface area contributed by atoms with E-state index in [1.807, 2.05) is 12.1 Å². The Balaban J connectivity index is 2.04. The van der Waals surface area contributed by atoms with Crippen LogP contribution in [0.15, 0.2) is 52.0 Å². The number of nitrogens with zero attached hydrogens (tertiary/aromatic N) is 2. The first-order chi connectivity index (χ1) is 13.8. The molecule has 0 saturated heterocycles. The number of amides is 1. The van der Waals surface area contributed by atoms with E-state index in [1.165, 1.54) is 26.8 Å². The summed E-state index contributed by atoms with van der Waals surface area (Å²) in [5, 5.41) is 5.41. The van der Waals surface area contributed by atoms with Gasteiger partial charge in [-0.25, -0.2) is 0 Å². The summed E-state index contributed by atoms with van der Waals surface area (Å²) in [5.74, 6) is -1.34. The lowest BCUT2D eigenvalue weighted by molar-refractivity contribution is -0.136. The van der Waals surface area contributed by atoms with Crippen molar-refractivity contribution in [3.8, 4) is 11.5 Å². The highest BCUT2D eigenvalue weighted by Gasteiger charge is 2.36. The maximum atomic E-state index is 12.2. The van der Waals surface area contributed by atoms with Gasteiger partial charge in [0.1, 0.15) is 0 Å². The van der Waals surface area contributed by atoms with Crippen molar-refractivity contribution >= 4 is 39.7 Å². The molecule has 1 aliphatic rings. The Morgan fingerprint density at radius 1 is 1.00 bits per heavy atom. The van der Waals surface area contributed by atoms with Crippen molar-refractivity contribution < 1.29 is 28.6 Å². The fraction of sp³-hybridized carbons (Fsp3) is 0.200. The van der Waals surface area contributed by atoms with Gasteiger partial charge in [-0.2, -0.15) is 5.01 Å². The molecule has 0 aliphatic carbocycles. The zero-order chi connectivity index (χ0) is 21.1. The maximum Gasteiger partial charge on any atom is 0.308 e. The second kappa shape index (κ2) is 8.44. The molecule has 0 bridgehead atoms. The fourth-order valence-electron chi connectivity index (χ4n) is 2.69. The van der Waals surface area contributed by atoms with Crippen molar-refractivity contribution in [2.45, 2.75) is 27.0 Å². The fourth-order valence-corrected chi connectivity index (χ4v) is 2.96. The molecule has 0 spiro atoms.